The second-order valence-electron chi connectivity index (χ2n) is 3.80. The maximum Gasteiger partial charge on any atom is 0.333 e. The van der Waals surface area contributed by atoms with Crippen molar-refractivity contribution in [1.82, 2.24) is 15.1 Å². The Morgan fingerprint density at radius 2 is 2.06 bits per heavy atom. The first kappa shape index (κ1) is 12.6. The summed E-state index contributed by atoms with van der Waals surface area (Å²) in [5.41, 5.74) is 1.31. The quantitative estimate of drug-likeness (QED) is 0.890. The Bertz CT molecular complexity index is 511. The number of nitrogens with zero attached hydrogens (tertiary/aromatic N) is 2. The Kier molecular flexibility index (Phi) is 3.99. The number of rotatable bonds is 5. The van der Waals surface area contributed by atoms with E-state index < -0.39 is 6.55 Å². The van der Waals surface area contributed by atoms with Crippen LogP contribution in [0.3, 0.4) is 0 Å². The first-order valence-corrected chi connectivity index (χ1v) is 5.42. The third-order valence-corrected chi connectivity index (χ3v) is 2.39. The molecule has 2 rings (SSSR count). The second kappa shape index (κ2) is 5.68. The summed E-state index contributed by atoms with van der Waals surface area (Å²) < 4.78 is 38.0. The van der Waals surface area contributed by atoms with Gasteiger partial charge in [-0.15, -0.1) is 0 Å². The molecule has 0 bridgehead atoms. The lowest BCUT2D eigenvalue weighted by molar-refractivity contribution is 0.0561. The van der Waals surface area contributed by atoms with E-state index in [2.05, 4.69) is 10.4 Å². The van der Waals surface area contributed by atoms with Gasteiger partial charge in [0, 0.05) is 19.3 Å². The van der Waals surface area contributed by atoms with Crippen molar-refractivity contribution in [1.29, 1.82) is 0 Å². The number of hydrogen-bond acceptors (Lipinski definition) is 2. The Morgan fingerprint density at radius 3 is 2.72 bits per heavy atom. The molecule has 0 radical (unpaired) electrons. The van der Waals surface area contributed by atoms with Crippen LogP contribution in [0.1, 0.15) is 17.8 Å². The number of hydrogen-bond donors (Lipinski definition) is 1. The number of alkyl halides is 2. The Balaban J connectivity index is 1.84. The zero-order valence-electron chi connectivity index (χ0n) is 9.48. The highest BCUT2D eigenvalue weighted by Gasteiger charge is 2.06. The summed E-state index contributed by atoms with van der Waals surface area (Å²) in [5.74, 6) is -0.295. The molecular formula is C12H12F3N3. The predicted molar refractivity (Wildman–Crippen MR) is 60.4 cm³/mol. The van der Waals surface area contributed by atoms with Crippen LogP contribution in [-0.2, 0) is 13.1 Å². The van der Waals surface area contributed by atoms with Crippen molar-refractivity contribution in [3.8, 4) is 0 Å². The van der Waals surface area contributed by atoms with Crippen LogP contribution in [0.25, 0.3) is 0 Å². The topological polar surface area (TPSA) is 29.9 Å². The highest BCUT2D eigenvalue weighted by molar-refractivity contribution is 5.16. The molecule has 1 aromatic heterocycles. The van der Waals surface area contributed by atoms with E-state index in [1.807, 2.05) is 0 Å². The molecule has 0 unspecified atom stereocenters. The molecule has 1 N–H and O–H groups in total. The summed E-state index contributed by atoms with van der Waals surface area (Å²) in [6.45, 7) is -1.81. The van der Waals surface area contributed by atoms with Gasteiger partial charge in [0.05, 0.1) is 5.69 Å². The fraction of sp³-hybridized carbons (Fsp3) is 0.250. The van der Waals surface area contributed by atoms with Crippen LogP contribution in [0.2, 0.25) is 0 Å². The lowest BCUT2D eigenvalue weighted by Crippen LogP contribution is -2.13. The van der Waals surface area contributed by atoms with Crippen LogP contribution >= 0.6 is 0 Å². The summed E-state index contributed by atoms with van der Waals surface area (Å²) in [6.07, 6.45) is 1.23. The van der Waals surface area contributed by atoms with Crippen LogP contribution in [0, 0.1) is 5.82 Å². The Labute approximate surface area is 102 Å². The average molecular weight is 255 g/mol. The molecule has 1 heterocycles. The van der Waals surface area contributed by atoms with Crippen LogP contribution in [0.5, 0.6) is 0 Å². The van der Waals surface area contributed by atoms with Gasteiger partial charge in [-0.25, -0.2) is 9.07 Å². The Hall–Kier alpha value is -1.82. The molecule has 0 saturated carbocycles. The van der Waals surface area contributed by atoms with Crippen molar-refractivity contribution < 1.29 is 13.2 Å². The van der Waals surface area contributed by atoms with E-state index in [9.17, 15) is 13.2 Å². The van der Waals surface area contributed by atoms with Gasteiger partial charge in [-0.05, 0) is 23.8 Å². The maximum absolute atomic E-state index is 12.9. The minimum absolute atomic E-state index is 0.295. The lowest BCUT2D eigenvalue weighted by atomic mass is 10.2. The van der Waals surface area contributed by atoms with E-state index in [1.165, 1.54) is 24.4 Å². The minimum atomic E-state index is -2.62. The van der Waals surface area contributed by atoms with E-state index in [0.29, 0.717) is 23.5 Å². The van der Waals surface area contributed by atoms with Gasteiger partial charge >= 0.3 is 6.55 Å². The predicted octanol–water partition coefficient (Wildman–Crippen LogP) is 2.71. The normalized spacial score (nSPS) is 11.1. The molecule has 0 saturated heterocycles. The SMILES string of the molecule is Fc1cccc(CNCc2ccn(C(F)F)n2)c1. The fourth-order valence-corrected chi connectivity index (χ4v) is 1.56. The van der Waals surface area contributed by atoms with E-state index in [1.54, 1.807) is 12.1 Å². The second-order valence-corrected chi connectivity index (χ2v) is 3.80. The molecule has 0 aliphatic carbocycles. The summed E-state index contributed by atoms with van der Waals surface area (Å²) in [4.78, 5) is 0. The van der Waals surface area contributed by atoms with E-state index in [-0.39, 0.29) is 5.82 Å². The number of nitrogens with one attached hydrogen (secondary N) is 1. The van der Waals surface area contributed by atoms with Crippen molar-refractivity contribution in [2.45, 2.75) is 19.6 Å². The van der Waals surface area contributed by atoms with Gasteiger partial charge in [0.25, 0.3) is 0 Å². The molecular weight excluding hydrogens is 243 g/mol. The van der Waals surface area contributed by atoms with E-state index in [0.717, 1.165) is 5.56 Å². The van der Waals surface area contributed by atoms with Crippen LogP contribution in [-0.4, -0.2) is 9.78 Å². The molecule has 0 spiro atoms. The lowest BCUT2D eigenvalue weighted by Gasteiger charge is -2.03. The molecule has 18 heavy (non-hydrogen) atoms. The number of aromatic nitrogens is 2. The van der Waals surface area contributed by atoms with Crippen molar-refractivity contribution in [2.24, 2.45) is 0 Å². The first-order chi connectivity index (χ1) is 8.65. The van der Waals surface area contributed by atoms with Crippen molar-refractivity contribution >= 4 is 0 Å². The highest BCUT2D eigenvalue weighted by Crippen LogP contribution is 2.09. The first-order valence-electron chi connectivity index (χ1n) is 5.42. The summed E-state index contributed by atoms with van der Waals surface area (Å²) in [7, 11) is 0. The fourth-order valence-electron chi connectivity index (χ4n) is 1.56. The van der Waals surface area contributed by atoms with Gasteiger partial charge in [0.1, 0.15) is 5.82 Å². The molecule has 6 heteroatoms. The van der Waals surface area contributed by atoms with Gasteiger partial charge in [-0.1, -0.05) is 12.1 Å². The maximum atomic E-state index is 12.9. The molecule has 0 aliphatic heterocycles. The molecule has 2 aromatic rings. The van der Waals surface area contributed by atoms with Gasteiger partial charge in [-0.3, -0.25) is 0 Å². The minimum Gasteiger partial charge on any atom is -0.307 e. The molecule has 0 amide bonds. The third kappa shape index (κ3) is 3.33. The summed E-state index contributed by atoms with van der Waals surface area (Å²) in [5, 5.41) is 6.70. The average Bonchev–Trinajstić information content (AvgIpc) is 2.78. The van der Waals surface area contributed by atoms with E-state index >= 15 is 0 Å². The van der Waals surface area contributed by atoms with Crippen molar-refractivity contribution in [2.75, 3.05) is 0 Å². The van der Waals surface area contributed by atoms with Gasteiger partial charge in [0.15, 0.2) is 0 Å². The monoisotopic (exact) mass is 255 g/mol. The van der Waals surface area contributed by atoms with E-state index in [4.69, 9.17) is 0 Å². The van der Waals surface area contributed by atoms with Crippen molar-refractivity contribution in [3.05, 3.63) is 53.6 Å². The third-order valence-electron chi connectivity index (χ3n) is 2.39. The largest absolute Gasteiger partial charge is 0.333 e. The van der Waals surface area contributed by atoms with Gasteiger partial charge in [0.2, 0.25) is 0 Å². The van der Waals surface area contributed by atoms with Crippen LogP contribution in [0.15, 0.2) is 36.5 Å². The number of halogens is 3. The smallest absolute Gasteiger partial charge is 0.307 e. The zero-order chi connectivity index (χ0) is 13.0. The van der Waals surface area contributed by atoms with Crippen LogP contribution in [0.4, 0.5) is 13.2 Å². The molecule has 0 atom stereocenters. The van der Waals surface area contributed by atoms with Gasteiger partial charge < -0.3 is 5.32 Å². The molecule has 3 nitrogen and oxygen atoms in total. The molecule has 0 fully saturated rings. The molecule has 1 aromatic carbocycles. The highest BCUT2D eigenvalue weighted by atomic mass is 19.3. The summed E-state index contributed by atoms with van der Waals surface area (Å²) in [6, 6.07) is 7.72. The Morgan fingerprint density at radius 1 is 1.22 bits per heavy atom. The van der Waals surface area contributed by atoms with Crippen LogP contribution < -0.4 is 5.32 Å². The van der Waals surface area contributed by atoms with Gasteiger partial charge in [-0.2, -0.15) is 13.9 Å². The zero-order valence-corrected chi connectivity index (χ0v) is 9.48. The summed E-state index contributed by atoms with van der Waals surface area (Å²) >= 11 is 0. The number of benzene rings is 1. The molecule has 96 valence electrons. The van der Waals surface area contributed by atoms with Crippen molar-refractivity contribution in [3.63, 3.8) is 0 Å². The standard InChI is InChI=1S/C12H12F3N3/c13-10-3-1-2-9(6-10)7-16-8-11-4-5-18(17-11)12(14)15/h1-6,12,16H,7-8H2. The molecule has 0 aliphatic rings.